The molecule has 0 N–H and O–H groups in total. The van der Waals surface area contributed by atoms with Gasteiger partial charge in [-0.25, -0.2) is 9.48 Å². The summed E-state index contributed by atoms with van der Waals surface area (Å²) < 4.78 is 9.82. The molecule has 3 heterocycles. The predicted octanol–water partition coefficient (Wildman–Crippen LogP) is 4.26. The lowest BCUT2D eigenvalue weighted by molar-refractivity contribution is 0.227. The quantitative estimate of drug-likeness (QED) is 0.349. The van der Waals surface area contributed by atoms with Gasteiger partial charge >= 0.3 is 6.03 Å². The zero-order chi connectivity index (χ0) is 23.4. The van der Waals surface area contributed by atoms with Crippen molar-refractivity contribution in [2.45, 2.75) is 12.8 Å². The van der Waals surface area contributed by atoms with Gasteiger partial charge in [-0.2, -0.15) is 9.52 Å². The summed E-state index contributed by atoms with van der Waals surface area (Å²) in [4.78, 5) is 18.4. The number of carbonyl (C=O) groups is 1. The highest BCUT2D eigenvalue weighted by Gasteiger charge is 2.21. The van der Waals surface area contributed by atoms with Gasteiger partial charge in [0.1, 0.15) is 0 Å². The molecule has 0 radical (unpaired) electrons. The summed E-state index contributed by atoms with van der Waals surface area (Å²) in [5, 5.41) is 7.80. The Labute approximate surface area is 204 Å². The molecule has 1 saturated heterocycles. The Balaban J connectivity index is 1.17. The molecule has 4 rings (SSSR count). The van der Waals surface area contributed by atoms with E-state index in [4.69, 9.17) is 16.5 Å². The number of hydrogen-bond acceptors (Lipinski definition) is 6. The number of benzene rings is 1. The van der Waals surface area contributed by atoms with Crippen LogP contribution >= 0.6 is 23.1 Å². The third-order valence-electron chi connectivity index (χ3n) is 5.88. The van der Waals surface area contributed by atoms with Crippen molar-refractivity contribution >= 4 is 50.7 Å². The third kappa shape index (κ3) is 5.54. The van der Waals surface area contributed by atoms with Crippen LogP contribution in [0, 0.1) is 0 Å². The lowest BCUT2D eigenvalue weighted by atomic mass is 10.2. The maximum atomic E-state index is 12.0. The number of fused-ring (bicyclic) bond motifs is 1. The van der Waals surface area contributed by atoms with Crippen molar-refractivity contribution in [2.24, 2.45) is 7.05 Å². The lowest BCUT2D eigenvalue weighted by Crippen LogP contribution is -2.46. The molecule has 0 bridgehead atoms. The van der Waals surface area contributed by atoms with Crippen molar-refractivity contribution in [3.05, 3.63) is 35.7 Å². The molecule has 0 spiro atoms. The van der Waals surface area contributed by atoms with E-state index in [1.807, 2.05) is 0 Å². The lowest BCUT2D eigenvalue weighted by Gasteiger charge is -2.36. The molecule has 2 amide bonds. The molecule has 3 aromatic rings. The van der Waals surface area contributed by atoms with Crippen LogP contribution in [0.1, 0.15) is 12.8 Å². The Morgan fingerprint density at radius 2 is 1.97 bits per heavy atom. The second-order valence-corrected chi connectivity index (χ2v) is 9.70. The van der Waals surface area contributed by atoms with Crippen molar-refractivity contribution < 1.29 is 9.53 Å². The minimum absolute atomic E-state index is 0.351. The average Bonchev–Trinajstić information content (AvgIpc) is 3.44. The number of halogens is 1. The Morgan fingerprint density at radius 1 is 1.18 bits per heavy atom. The number of rotatable bonds is 8. The summed E-state index contributed by atoms with van der Waals surface area (Å²) in [6.45, 7) is 5.95. The van der Waals surface area contributed by atoms with Crippen molar-refractivity contribution in [1.82, 2.24) is 19.6 Å². The van der Waals surface area contributed by atoms with Gasteiger partial charge in [0, 0.05) is 80.9 Å². The Kier molecular flexibility index (Phi) is 7.62. The number of carbonyl (C=O) groups excluding carboxylic acids is 1. The molecule has 2 aromatic heterocycles. The average molecular weight is 491 g/mol. The number of thiophene rings is 1. The van der Waals surface area contributed by atoms with Crippen LogP contribution in [0.2, 0.25) is 0 Å². The zero-order valence-electron chi connectivity index (χ0n) is 19.4. The van der Waals surface area contributed by atoms with Gasteiger partial charge in [-0.1, -0.05) is 6.07 Å². The minimum atomic E-state index is -0.353. The van der Waals surface area contributed by atoms with E-state index >= 15 is 0 Å². The van der Waals surface area contributed by atoms with Gasteiger partial charge in [0.25, 0.3) is 0 Å². The first-order valence-corrected chi connectivity index (χ1v) is 12.4. The van der Waals surface area contributed by atoms with Crippen LogP contribution in [0.15, 0.2) is 35.7 Å². The molecule has 0 aliphatic carbocycles. The van der Waals surface area contributed by atoms with Crippen LogP contribution < -0.4 is 14.1 Å². The summed E-state index contributed by atoms with van der Waals surface area (Å²) >= 11 is 7.89. The van der Waals surface area contributed by atoms with Crippen LogP contribution in [0.5, 0.6) is 5.88 Å². The van der Waals surface area contributed by atoms with E-state index in [1.165, 1.54) is 20.7 Å². The molecular weight excluding hydrogens is 460 g/mol. The fourth-order valence-corrected chi connectivity index (χ4v) is 5.06. The second-order valence-electron chi connectivity index (χ2n) is 8.42. The first-order chi connectivity index (χ1) is 15.9. The molecule has 0 unspecified atom stereocenters. The fourth-order valence-electron chi connectivity index (χ4n) is 4.02. The molecule has 1 fully saturated rings. The number of unbranched alkanes of at least 4 members (excludes halogenated alkanes) is 1. The van der Waals surface area contributed by atoms with Gasteiger partial charge in [0.2, 0.25) is 5.88 Å². The molecular formula is C23H31ClN6O2S. The van der Waals surface area contributed by atoms with Gasteiger partial charge in [0.05, 0.1) is 6.61 Å². The molecule has 0 saturated carbocycles. The van der Waals surface area contributed by atoms with Crippen LogP contribution in [0.4, 0.5) is 16.3 Å². The summed E-state index contributed by atoms with van der Waals surface area (Å²) in [6, 6.07) is 10.2. The number of ether oxygens (including phenoxy) is 1. The highest BCUT2D eigenvalue weighted by atomic mass is 35.5. The normalized spacial score (nSPS) is 14.6. The van der Waals surface area contributed by atoms with Gasteiger partial charge < -0.3 is 14.5 Å². The predicted molar refractivity (Wildman–Crippen MR) is 136 cm³/mol. The SMILES string of the molecule is CN(C)C(=O)N(Cl)c1cc(OCCCCN2CCN(c3cccc4sccc34)CC2)n(C)n1. The number of hydrogen-bond donors (Lipinski definition) is 0. The molecule has 10 heteroatoms. The molecule has 8 nitrogen and oxygen atoms in total. The van der Waals surface area contributed by atoms with E-state index < -0.39 is 0 Å². The van der Waals surface area contributed by atoms with Crippen molar-refractivity contribution in [3.8, 4) is 5.88 Å². The maximum absolute atomic E-state index is 12.0. The summed E-state index contributed by atoms with van der Waals surface area (Å²) in [5.74, 6) is 0.947. The monoisotopic (exact) mass is 490 g/mol. The van der Waals surface area contributed by atoms with Gasteiger partial charge in [-0.3, -0.25) is 4.90 Å². The van der Waals surface area contributed by atoms with Gasteiger partial charge in [-0.15, -0.1) is 11.3 Å². The molecule has 33 heavy (non-hydrogen) atoms. The van der Waals surface area contributed by atoms with Crippen LogP contribution in [-0.4, -0.2) is 79.0 Å². The minimum Gasteiger partial charge on any atom is -0.478 e. The van der Waals surface area contributed by atoms with Gasteiger partial charge in [-0.05, 0) is 43.0 Å². The third-order valence-corrected chi connectivity index (χ3v) is 7.08. The maximum Gasteiger partial charge on any atom is 0.340 e. The van der Waals surface area contributed by atoms with E-state index in [0.29, 0.717) is 18.3 Å². The van der Waals surface area contributed by atoms with E-state index in [0.717, 1.165) is 50.0 Å². The van der Waals surface area contributed by atoms with Crippen LogP contribution in [0.3, 0.4) is 0 Å². The highest BCUT2D eigenvalue weighted by Crippen LogP contribution is 2.31. The standard InChI is InChI=1S/C23H31ClN6O2S/c1-26(2)23(31)30(24)21-17-22(27(3)25-21)32-15-5-4-10-28-11-13-29(14-12-28)19-7-6-8-20-18(19)9-16-33-20/h6-9,16-17H,4-5,10-15H2,1-3H3. The fraction of sp³-hybridized carbons (Fsp3) is 0.478. The largest absolute Gasteiger partial charge is 0.478 e. The Bertz CT molecular complexity index is 1080. The topological polar surface area (TPSA) is 57.1 Å². The van der Waals surface area contributed by atoms with Crippen molar-refractivity contribution in [3.63, 3.8) is 0 Å². The summed E-state index contributed by atoms with van der Waals surface area (Å²) in [5.41, 5.74) is 1.36. The first-order valence-electron chi connectivity index (χ1n) is 11.2. The van der Waals surface area contributed by atoms with Gasteiger partial charge in [0.15, 0.2) is 5.82 Å². The van der Waals surface area contributed by atoms with E-state index in [2.05, 4.69) is 44.5 Å². The smallest absolute Gasteiger partial charge is 0.340 e. The Hall–Kier alpha value is -2.49. The van der Waals surface area contributed by atoms with Crippen molar-refractivity contribution in [1.29, 1.82) is 0 Å². The Morgan fingerprint density at radius 3 is 2.73 bits per heavy atom. The number of piperazine rings is 1. The summed E-state index contributed by atoms with van der Waals surface area (Å²) in [6.07, 6.45) is 2.03. The number of anilines is 2. The first kappa shape index (κ1) is 23.7. The molecule has 1 aliphatic rings. The number of urea groups is 1. The zero-order valence-corrected chi connectivity index (χ0v) is 21.0. The molecule has 178 valence electrons. The van der Waals surface area contributed by atoms with E-state index in [1.54, 1.807) is 43.2 Å². The number of aromatic nitrogens is 2. The molecule has 1 aliphatic heterocycles. The van der Waals surface area contributed by atoms with E-state index in [9.17, 15) is 4.79 Å². The molecule has 0 atom stereocenters. The summed E-state index contributed by atoms with van der Waals surface area (Å²) in [7, 11) is 5.06. The second kappa shape index (κ2) is 10.6. The highest BCUT2D eigenvalue weighted by molar-refractivity contribution is 7.17. The van der Waals surface area contributed by atoms with E-state index in [-0.39, 0.29) is 6.03 Å². The van der Waals surface area contributed by atoms with Crippen LogP contribution in [-0.2, 0) is 7.05 Å². The number of nitrogens with zero attached hydrogens (tertiary/aromatic N) is 6. The van der Waals surface area contributed by atoms with Crippen LogP contribution in [0.25, 0.3) is 10.1 Å². The van der Waals surface area contributed by atoms with Crippen molar-refractivity contribution in [2.75, 3.05) is 62.7 Å². The number of amides is 2. The molecule has 1 aromatic carbocycles. The number of aryl methyl sites for hydroxylation is 1.